The Labute approximate surface area is 270 Å². The summed E-state index contributed by atoms with van der Waals surface area (Å²) in [6.45, 7) is 2.08. The number of anilines is 1. The first-order valence-electron chi connectivity index (χ1n) is 15.3. The van der Waals surface area contributed by atoms with Crippen molar-refractivity contribution in [2.75, 3.05) is 19.1 Å². The van der Waals surface area contributed by atoms with Crippen LogP contribution in [0.2, 0.25) is 0 Å². The van der Waals surface area contributed by atoms with Crippen LogP contribution in [0.15, 0.2) is 77.7 Å². The van der Waals surface area contributed by atoms with Gasteiger partial charge in [0, 0.05) is 10.8 Å². The van der Waals surface area contributed by atoms with Gasteiger partial charge in [0.1, 0.15) is 0 Å². The van der Waals surface area contributed by atoms with Crippen molar-refractivity contribution in [1.29, 1.82) is 0 Å². The highest BCUT2D eigenvalue weighted by molar-refractivity contribution is 7.09. The third kappa shape index (κ3) is 4.41. The van der Waals surface area contributed by atoms with Crippen molar-refractivity contribution in [3.63, 3.8) is 0 Å². The van der Waals surface area contributed by atoms with Gasteiger partial charge in [-0.1, -0.05) is 48.1 Å². The molecule has 4 aliphatic rings. The number of hydrogen-bond acceptors (Lipinski definition) is 8. The number of benzene rings is 2. The van der Waals surface area contributed by atoms with Crippen LogP contribution in [0.25, 0.3) is 6.08 Å². The normalized spacial score (nSPS) is 28.8. The second-order valence-electron chi connectivity index (χ2n) is 12.5. The number of ether oxygens (including phenoxy) is 2. The van der Waals surface area contributed by atoms with E-state index in [2.05, 4.69) is 0 Å². The summed E-state index contributed by atoms with van der Waals surface area (Å²) in [5.74, 6) is -3.37. The molecule has 7 rings (SSSR count). The van der Waals surface area contributed by atoms with E-state index in [0.717, 1.165) is 10.5 Å². The maximum atomic E-state index is 14.4. The molecule has 2 aliphatic heterocycles. The summed E-state index contributed by atoms with van der Waals surface area (Å²) >= 11 is 1.50. The van der Waals surface area contributed by atoms with Gasteiger partial charge in [-0.05, 0) is 67.0 Å². The molecule has 3 heterocycles. The number of likely N-dealkylation sites (tertiary alicyclic amines) is 1. The van der Waals surface area contributed by atoms with Gasteiger partial charge in [0.25, 0.3) is 0 Å². The van der Waals surface area contributed by atoms with Crippen LogP contribution in [-0.2, 0) is 25.7 Å². The number of allylic oxidation sites excluding steroid dienone is 3. The van der Waals surface area contributed by atoms with Crippen LogP contribution in [0.3, 0.4) is 0 Å². The van der Waals surface area contributed by atoms with Gasteiger partial charge in [-0.2, -0.15) is 0 Å². The van der Waals surface area contributed by atoms with E-state index in [4.69, 9.17) is 9.47 Å². The van der Waals surface area contributed by atoms with Crippen molar-refractivity contribution < 1.29 is 33.8 Å². The molecule has 0 bridgehead atoms. The van der Waals surface area contributed by atoms with Crippen LogP contribution in [-0.4, -0.2) is 47.9 Å². The summed E-state index contributed by atoms with van der Waals surface area (Å²) in [7, 11) is 2.90. The molecule has 46 heavy (non-hydrogen) atoms. The summed E-state index contributed by atoms with van der Waals surface area (Å²) in [6, 6.07) is 16.1. The zero-order valence-electron chi connectivity index (χ0n) is 25.7. The maximum Gasteiger partial charge on any atom is 0.241 e. The minimum Gasteiger partial charge on any atom is -0.502 e. The Balaban J connectivity index is 1.32. The molecular formula is C36H34N2O7S. The average Bonchev–Trinajstić information content (AvgIpc) is 3.72. The number of amides is 4. The number of methoxy groups -OCH3 is 2. The van der Waals surface area contributed by atoms with E-state index in [1.165, 1.54) is 35.4 Å². The highest BCUT2D eigenvalue weighted by atomic mass is 32.1. The van der Waals surface area contributed by atoms with Crippen molar-refractivity contribution in [3.05, 3.63) is 88.1 Å². The fourth-order valence-electron chi connectivity index (χ4n) is 8.04. The van der Waals surface area contributed by atoms with Gasteiger partial charge in [-0.25, -0.2) is 4.90 Å². The summed E-state index contributed by atoms with van der Waals surface area (Å²) in [4.78, 5) is 59.9. The van der Waals surface area contributed by atoms with Gasteiger partial charge in [-0.15, -0.1) is 11.3 Å². The van der Waals surface area contributed by atoms with Gasteiger partial charge in [0.15, 0.2) is 11.5 Å². The number of imide groups is 2. The second-order valence-corrected chi connectivity index (χ2v) is 13.5. The maximum absolute atomic E-state index is 14.4. The molecule has 2 aromatic carbocycles. The molecule has 3 fully saturated rings. The number of phenols is 1. The van der Waals surface area contributed by atoms with E-state index in [1.807, 2.05) is 48.7 Å². The third-order valence-corrected chi connectivity index (χ3v) is 11.2. The zero-order valence-corrected chi connectivity index (χ0v) is 26.5. The molecule has 0 spiro atoms. The molecule has 0 radical (unpaired) electrons. The molecule has 1 aromatic heterocycles. The molecule has 9 nitrogen and oxygen atoms in total. The van der Waals surface area contributed by atoms with E-state index in [9.17, 15) is 24.3 Å². The fraction of sp³-hybridized carbons (Fsp3) is 0.333. The number of fused-ring (bicyclic) bond motifs is 4. The number of para-hydroxylation sites is 1. The summed E-state index contributed by atoms with van der Waals surface area (Å²) in [5, 5.41) is 12.4. The number of hydrogen-bond donors (Lipinski definition) is 1. The van der Waals surface area contributed by atoms with Crippen molar-refractivity contribution >= 4 is 46.7 Å². The number of nitrogens with zero attached hydrogens (tertiary/aromatic N) is 2. The monoisotopic (exact) mass is 638 g/mol. The lowest BCUT2D eigenvalue weighted by molar-refractivity contribution is -0.141. The lowest BCUT2D eigenvalue weighted by atomic mass is 9.52. The number of phenolic OH excluding ortho intramolecular Hbond substituents is 1. The SMILES string of the molecule is COc1cc(C=CC2C3=CCC4C(=O)N(Cc5cccs5)C(=O)C4C3CC3C(=O)N(c4ccccc4)C(=O)C23C)cc(OC)c1O. The number of thiophene rings is 1. The van der Waals surface area contributed by atoms with Crippen molar-refractivity contribution in [3.8, 4) is 17.2 Å². The topological polar surface area (TPSA) is 113 Å². The van der Waals surface area contributed by atoms with Gasteiger partial charge in [0.05, 0.1) is 49.6 Å². The number of carbonyl (C=O) groups excluding carboxylic acids is 4. The number of rotatable bonds is 7. The zero-order chi connectivity index (χ0) is 32.3. The summed E-state index contributed by atoms with van der Waals surface area (Å²) < 4.78 is 10.7. The van der Waals surface area contributed by atoms with E-state index in [-0.39, 0.29) is 53.3 Å². The molecule has 6 unspecified atom stereocenters. The molecule has 2 aliphatic carbocycles. The van der Waals surface area contributed by atoms with Crippen LogP contribution in [0.4, 0.5) is 5.69 Å². The molecule has 3 aromatic rings. The quantitative estimate of drug-likeness (QED) is 0.271. The van der Waals surface area contributed by atoms with Crippen molar-refractivity contribution in [2.24, 2.45) is 35.0 Å². The Morgan fingerprint density at radius 3 is 2.33 bits per heavy atom. The molecule has 6 atom stereocenters. The second kappa shape index (κ2) is 11.3. The molecule has 4 amide bonds. The molecule has 10 heteroatoms. The predicted molar refractivity (Wildman–Crippen MR) is 172 cm³/mol. The van der Waals surface area contributed by atoms with Gasteiger partial charge >= 0.3 is 0 Å². The predicted octanol–water partition coefficient (Wildman–Crippen LogP) is 5.45. The lowest BCUT2D eigenvalue weighted by Crippen LogP contribution is -2.49. The first-order valence-corrected chi connectivity index (χ1v) is 16.2. The van der Waals surface area contributed by atoms with E-state index < -0.39 is 29.1 Å². The Kier molecular flexibility index (Phi) is 7.35. The largest absolute Gasteiger partial charge is 0.502 e. The van der Waals surface area contributed by atoms with E-state index in [0.29, 0.717) is 24.1 Å². The standard InChI is InChI=1S/C36H34N2O7S/c1-36-26(14-11-20-16-28(44-2)31(39)29(17-20)45-3)23-12-13-24-30(34(42)37(32(24)40)19-22-10-7-15-46-22)25(23)18-27(36)33(41)38(35(36)43)21-8-5-4-6-9-21/h4-12,14-17,24-27,30,39H,13,18-19H2,1-3H3. The van der Waals surface area contributed by atoms with E-state index in [1.54, 1.807) is 36.4 Å². The fourth-order valence-corrected chi connectivity index (χ4v) is 8.73. The molecule has 236 valence electrons. The van der Waals surface area contributed by atoms with Gasteiger partial charge in [-0.3, -0.25) is 24.1 Å². The number of aromatic hydroxyl groups is 1. The van der Waals surface area contributed by atoms with Gasteiger partial charge in [0.2, 0.25) is 29.4 Å². The Morgan fingerprint density at radius 2 is 1.67 bits per heavy atom. The van der Waals surface area contributed by atoms with Crippen LogP contribution in [0.1, 0.15) is 30.2 Å². The first-order chi connectivity index (χ1) is 22.2. The average molecular weight is 639 g/mol. The van der Waals surface area contributed by atoms with Crippen LogP contribution in [0, 0.1) is 35.0 Å². The third-order valence-electron chi connectivity index (χ3n) is 10.3. The molecule has 1 saturated carbocycles. The Bertz CT molecular complexity index is 1770. The summed E-state index contributed by atoms with van der Waals surface area (Å²) in [5.41, 5.74) is 0.942. The molecule has 1 N–H and O–H groups in total. The molecule has 2 saturated heterocycles. The van der Waals surface area contributed by atoms with E-state index >= 15 is 0 Å². The minimum atomic E-state index is -1.13. The lowest BCUT2D eigenvalue weighted by Gasteiger charge is -2.47. The summed E-state index contributed by atoms with van der Waals surface area (Å²) in [6.07, 6.45) is 6.47. The Morgan fingerprint density at radius 1 is 0.957 bits per heavy atom. The van der Waals surface area contributed by atoms with Crippen molar-refractivity contribution in [1.82, 2.24) is 4.90 Å². The first kappa shape index (κ1) is 30.0. The van der Waals surface area contributed by atoms with Crippen LogP contribution >= 0.6 is 11.3 Å². The number of carbonyl (C=O) groups is 4. The highest BCUT2D eigenvalue weighted by Crippen LogP contribution is 2.61. The minimum absolute atomic E-state index is 0.125. The Hall–Kier alpha value is -4.70. The van der Waals surface area contributed by atoms with Crippen LogP contribution < -0.4 is 14.4 Å². The molecular weight excluding hydrogens is 604 g/mol. The van der Waals surface area contributed by atoms with Crippen molar-refractivity contribution in [2.45, 2.75) is 26.3 Å². The highest BCUT2D eigenvalue weighted by Gasteiger charge is 2.66. The smallest absolute Gasteiger partial charge is 0.241 e. The van der Waals surface area contributed by atoms with Gasteiger partial charge < -0.3 is 14.6 Å². The van der Waals surface area contributed by atoms with Crippen LogP contribution in [0.5, 0.6) is 17.2 Å².